The summed E-state index contributed by atoms with van der Waals surface area (Å²) in [6, 6.07) is 0. The lowest BCUT2D eigenvalue weighted by molar-refractivity contribution is -0.127. The van der Waals surface area contributed by atoms with Crippen LogP contribution in [0.3, 0.4) is 0 Å². The van der Waals surface area contributed by atoms with E-state index in [2.05, 4.69) is 29.1 Å². The van der Waals surface area contributed by atoms with Crippen molar-refractivity contribution in [2.75, 3.05) is 46.3 Å². The molecule has 24 heavy (non-hydrogen) atoms. The molecule has 5 nitrogen and oxygen atoms in total. The molecule has 3 N–H and O–H groups in total. The van der Waals surface area contributed by atoms with Crippen molar-refractivity contribution < 1.29 is 4.79 Å². The summed E-state index contributed by atoms with van der Waals surface area (Å²) in [5.41, 5.74) is 5.66. The van der Waals surface area contributed by atoms with Gasteiger partial charge in [0, 0.05) is 39.3 Å². The molecule has 0 aromatic rings. The van der Waals surface area contributed by atoms with E-state index in [0.717, 1.165) is 65.0 Å². The van der Waals surface area contributed by atoms with Crippen molar-refractivity contribution in [3.05, 3.63) is 0 Å². The topological polar surface area (TPSA) is 61.6 Å². The van der Waals surface area contributed by atoms with Gasteiger partial charge in [-0.25, -0.2) is 0 Å². The second-order valence-electron chi connectivity index (χ2n) is 7.14. The summed E-state index contributed by atoms with van der Waals surface area (Å²) in [6.07, 6.45) is 5.06. The summed E-state index contributed by atoms with van der Waals surface area (Å²) in [4.78, 5) is 17.2. The second kappa shape index (κ2) is 12.6. The Morgan fingerprint density at radius 1 is 1.08 bits per heavy atom. The number of rotatable bonds is 5. The van der Waals surface area contributed by atoms with Gasteiger partial charge in [-0.2, -0.15) is 0 Å². The molecule has 0 spiro atoms. The minimum atomic E-state index is -0.605. The third-order valence-electron chi connectivity index (χ3n) is 4.97. The van der Waals surface area contributed by atoms with Crippen LogP contribution in [-0.2, 0) is 4.79 Å². The van der Waals surface area contributed by atoms with E-state index < -0.39 is 5.54 Å². The molecule has 1 aliphatic carbocycles. The molecular weight excluding hydrogens is 371 g/mol. The van der Waals surface area contributed by atoms with Gasteiger partial charge >= 0.3 is 0 Å². The Bertz CT molecular complexity index is 346. The van der Waals surface area contributed by atoms with Gasteiger partial charge in [-0.3, -0.25) is 4.79 Å². The molecule has 146 valence electrons. The molecule has 2 fully saturated rings. The quantitative estimate of drug-likeness (QED) is 0.733. The van der Waals surface area contributed by atoms with Gasteiger partial charge in [-0.05, 0) is 25.8 Å². The lowest BCUT2D eigenvalue weighted by Gasteiger charge is -2.35. The van der Waals surface area contributed by atoms with Crippen molar-refractivity contribution in [2.45, 2.75) is 44.6 Å². The average Bonchev–Trinajstić information content (AvgIpc) is 2.48. The summed E-state index contributed by atoms with van der Waals surface area (Å²) in [5.74, 6) is 0.539. The second-order valence-corrected chi connectivity index (χ2v) is 7.14. The molecule has 2 rings (SSSR count). The molecule has 1 atom stereocenters. The molecule has 1 saturated heterocycles. The van der Waals surface area contributed by atoms with Gasteiger partial charge in [-0.15, -0.1) is 37.2 Å². The van der Waals surface area contributed by atoms with Crippen LogP contribution in [0.15, 0.2) is 0 Å². The zero-order valence-electron chi connectivity index (χ0n) is 15.0. The third kappa shape index (κ3) is 8.07. The van der Waals surface area contributed by atoms with Crippen LogP contribution in [0.25, 0.3) is 0 Å². The minimum Gasteiger partial charge on any atom is -0.354 e. The van der Waals surface area contributed by atoms with Gasteiger partial charge in [0.2, 0.25) is 5.91 Å². The number of nitrogens with zero attached hydrogens (tertiary/aromatic N) is 2. The monoisotopic (exact) mass is 404 g/mol. The third-order valence-corrected chi connectivity index (χ3v) is 4.97. The molecule has 1 saturated carbocycles. The number of amides is 1. The molecule has 0 aromatic carbocycles. The Kier molecular flexibility index (Phi) is 13.8. The van der Waals surface area contributed by atoms with E-state index in [0.29, 0.717) is 5.92 Å². The fourth-order valence-electron chi connectivity index (χ4n) is 3.39. The largest absolute Gasteiger partial charge is 0.354 e. The van der Waals surface area contributed by atoms with Crippen LogP contribution in [0.5, 0.6) is 0 Å². The van der Waals surface area contributed by atoms with Crippen LogP contribution >= 0.6 is 37.2 Å². The van der Waals surface area contributed by atoms with Crippen LogP contribution in [-0.4, -0.2) is 67.6 Å². The van der Waals surface area contributed by atoms with Crippen LogP contribution in [0.1, 0.15) is 39.0 Å². The zero-order chi connectivity index (χ0) is 15.3. The molecule has 1 aliphatic heterocycles. The van der Waals surface area contributed by atoms with E-state index in [-0.39, 0.29) is 43.1 Å². The first-order chi connectivity index (χ1) is 9.99. The van der Waals surface area contributed by atoms with Gasteiger partial charge in [0.15, 0.2) is 0 Å². The highest BCUT2D eigenvalue weighted by molar-refractivity contribution is 5.86. The van der Waals surface area contributed by atoms with Gasteiger partial charge in [-0.1, -0.05) is 26.2 Å². The summed E-state index contributed by atoms with van der Waals surface area (Å²) in [5, 5.41) is 3.09. The van der Waals surface area contributed by atoms with E-state index in [1.54, 1.807) is 0 Å². The van der Waals surface area contributed by atoms with Crippen LogP contribution in [0, 0.1) is 5.92 Å². The van der Waals surface area contributed by atoms with E-state index in [9.17, 15) is 4.79 Å². The van der Waals surface area contributed by atoms with Crippen LogP contribution in [0.2, 0.25) is 0 Å². The Hall–Kier alpha value is 0.220. The molecular formula is C16H35Cl3N4O. The molecule has 2 aliphatic rings. The predicted molar refractivity (Wildman–Crippen MR) is 108 cm³/mol. The first-order valence-corrected chi connectivity index (χ1v) is 8.48. The number of likely N-dealkylation sites (N-methyl/N-ethyl adjacent to an activating group) is 1. The van der Waals surface area contributed by atoms with Crippen LogP contribution in [0.4, 0.5) is 0 Å². The molecule has 8 heteroatoms. The standard InChI is InChI=1S/C16H32N4O.3ClH/c1-14(13-20-10-8-19(2)9-11-20)12-18-15(21)16(17)6-4-3-5-7-16;;;/h14H,3-13,17H2,1-2H3,(H,18,21);3*1H. The summed E-state index contributed by atoms with van der Waals surface area (Å²) < 4.78 is 0. The highest BCUT2D eigenvalue weighted by atomic mass is 35.5. The van der Waals surface area contributed by atoms with Crippen molar-refractivity contribution in [3.63, 3.8) is 0 Å². The molecule has 0 bridgehead atoms. The number of hydrogen-bond acceptors (Lipinski definition) is 4. The number of nitrogens with two attached hydrogens (primary N) is 1. The van der Waals surface area contributed by atoms with Crippen molar-refractivity contribution in [1.29, 1.82) is 0 Å². The number of halogens is 3. The molecule has 1 amide bonds. The number of carbonyl (C=O) groups excluding carboxylic acids is 1. The Balaban J connectivity index is 0. The lowest BCUT2D eigenvalue weighted by Crippen LogP contribution is -2.56. The molecule has 0 radical (unpaired) electrons. The van der Waals surface area contributed by atoms with Crippen LogP contribution < -0.4 is 11.1 Å². The Morgan fingerprint density at radius 3 is 2.17 bits per heavy atom. The van der Waals surface area contributed by atoms with E-state index in [4.69, 9.17) is 5.73 Å². The predicted octanol–water partition coefficient (Wildman–Crippen LogP) is 1.91. The summed E-state index contributed by atoms with van der Waals surface area (Å²) in [7, 11) is 2.17. The number of hydrogen-bond donors (Lipinski definition) is 2. The van der Waals surface area contributed by atoms with Gasteiger partial charge in [0.05, 0.1) is 5.54 Å². The fourth-order valence-corrected chi connectivity index (χ4v) is 3.39. The first kappa shape index (κ1) is 26.4. The maximum Gasteiger partial charge on any atom is 0.240 e. The van der Waals surface area contributed by atoms with E-state index in [1.807, 2.05) is 0 Å². The highest BCUT2D eigenvalue weighted by Crippen LogP contribution is 2.25. The Morgan fingerprint density at radius 2 is 1.62 bits per heavy atom. The van der Waals surface area contributed by atoms with Gasteiger partial charge < -0.3 is 20.9 Å². The smallest absolute Gasteiger partial charge is 0.240 e. The number of piperazine rings is 1. The molecule has 1 heterocycles. The Labute approximate surface area is 165 Å². The lowest BCUT2D eigenvalue weighted by atomic mass is 9.82. The first-order valence-electron chi connectivity index (χ1n) is 8.48. The fraction of sp³-hybridized carbons (Fsp3) is 0.938. The number of carbonyl (C=O) groups is 1. The normalized spacial score (nSPS) is 22.3. The van der Waals surface area contributed by atoms with Gasteiger partial charge in [0.25, 0.3) is 0 Å². The SMILES string of the molecule is CC(CNC(=O)C1(N)CCCCC1)CN1CCN(C)CC1.Cl.Cl.Cl. The highest BCUT2D eigenvalue weighted by Gasteiger charge is 2.35. The summed E-state index contributed by atoms with van der Waals surface area (Å²) in [6.45, 7) is 8.57. The number of nitrogens with one attached hydrogen (secondary N) is 1. The van der Waals surface area contributed by atoms with Crippen molar-refractivity contribution in [1.82, 2.24) is 15.1 Å². The van der Waals surface area contributed by atoms with Gasteiger partial charge in [0.1, 0.15) is 0 Å². The van der Waals surface area contributed by atoms with Crippen molar-refractivity contribution in [3.8, 4) is 0 Å². The van der Waals surface area contributed by atoms with Crippen molar-refractivity contribution >= 4 is 43.1 Å². The van der Waals surface area contributed by atoms with E-state index in [1.165, 1.54) is 6.42 Å². The molecule has 0 aromatic heterocycles. The van der Waals surface area contributed by atoms with E-state index >= 15 is 0 Å². The average molecular weight is 406 g/mol. The minimum absolute atomic E-state index is 0. The maximum atomic E-state index is 12.3. The zero-order valence-corrected chi connectivity index (χ0v) is 17.4. The molecule has 1 unspecified atom stereocenters. The van der Waals surface area contributed by atoms with Crippen molar-refractivity contribution in [2.24, 2.45) is 11.7 Å². The maximum absolute atomic E-state index is 12.3. The summed E-state index contributed by atoms with van der Waals surface area (Å²) >= 11 is 0.